The molecule has 0 aromatic heterocycles. The fraction of sp³-hybridized carbons (Fsp3) is 0.241. The molecule has 0 aliphatic carbocycles. The van der Waals surface area contributed by atoms with Gasteiger partial charge in [-0.05, 0) is 77.7 Å². The first-order chi connectivity index (χ1) is 18.3. The van der Waals surface area contributed by atoms with Crippen LogP contribution in [0.4, 0.5) is 13.2 Å². The van der Waals surface area contributed by atoms with E-state index in [4.69, 9.17) is 9.47 Å². The first kappa shape index (κ1) is 26.9. The summed E-state index contributed by atoms with van der Waals surface area (Å²) in [5.74, 6) is -1.29. The lowest BCUT2D eigenvalue weighted by molar-refractivity contribution is -0.139. The number of nitrogens with one attached hydrogen (secondary N) is 1. The van der Waals surface area contributed by atoms with Crippen LogP contribution in [0.3, 0.4) is 0 Å². The summed E-state index contributed by atoms with van der Waals surface area (Å²) in [6.45, 7) is 1.39. The van der Waals surface area contributed by atoms with Gasteiger partial charge >= 0.3 is 18.1 Å². The van der Waals surface area contributed by atoms with E-state index >= 15 is 0 Å². The van der Waals surface area contributed by atoms with Crippen LogP contribution >= 0.6 is 0 Å². The lowest BCUT2D eigenvalue weighted by Crippen LogP contribution is -2.20. The quantitative estimate of drug-likeness (QED) is 0.375. The highest BCUT2D eigenvalue weighted by atomic mass is 19.4. The third-order valence-corrected chi connectivity index (χ3v) is 6.07. The number of alkyl halides is 3. The molecule has 0 fully saturated rings. The van der Waals surface area contributed by atoms with Gasteiger partial charge in [0.15, 0.2) is 0 Å². The molecule has 0 amide bonds. The standard InChI is InChI=1S/C29H26F3NO5/c1-36-27(34)21-8-10-22(11-9-21)28(35)38-18-23-7-6-19(16-24(23)20-12-14-33-15-13-20)17-37-26-5-3-2-4-25(26)29(30,31)32/h2-12,16,33H,13-15,17-18H2,1H3. The first-order valence-corrected chi connectivity index (χ1v) is 11.9. The van der Waals surface area contributed by atoms with Crippen LogP contribution in [0.5, 0.6) is 5.75 Å². The van der Waals surface area contributed by atoms with Crippen LogP contribution in [-0.2, 0) is 28.9 Å². The van der Waals surface area contributed by atoms with Gasteiger partial charge in [0.1, 0.15) is 19.0 Å². The molecule has 0 atom stereocenters. The Morgan fingerprint density at radius 2 is 1.63 bits per heavy atom. The van der Waals surface area contributed by atoms with Gasteiger partial charge in [-0.15, -0.1) is 0 Å². The average Bonchev–Trinajstić information content (AvgIpc) is 2.94. The van der Waals surface area contributed by atoms with Crippen molar-refractivity contribution in [3.63, 3.8) is 0 Å². The van der Waals surface area contributed by atoms with E-state index in [1.165, 1.54) is 49.6 Å². The lowest BCUT2D eigenvalue weighted by Gasteiger charge is -2.19. The normalized spacial score (nSPS) is 13.4. The molecule has 38 heavy (non-hydrogen) atoms. The average molecular weight is 526 g/mol. The highest BCUT2D eigenvalue weighted by Crippen LogP contribution is 2.36. The summed E-state index contributed by atoms with van der Waals surface area (Å²) in [5.41, 5.74) is 3.13. The molecule has 9 heteroatoms. The molecule has 0 bridgehead atoms. The summed E-state index contributed by atoms with van der Waals surface area (Å²) in [6.07, 6.45) is -1.73. The van der Waals surface area contributed by atoms with Crippen molar-refractivity contribution in [1.29, 1.82) is 0 Å². The molecule has 3 aromatic carbocycles. The van der Waals surface area contributed by atoms with Gasteiger partial charge in [0, 0.05) is 6.54 Å². The van der Waals surface area contributed by atoms with E-state index in [-0.39, 0.29) is 24.5 Å². The highest BCUT2D eigenvalue weighted by molar-refractivity contribution is 5.93. The number of carbonyl (C=O) groups is 2. The summed E-state index contributed by atoms with van der Waals surface area (Å²) < 4.78 is 55.7. The Balaban J connectivity index is 1.51. The van der Waals surface area contributed by atoms with Crippen LogP contribution in [0.1, 0.15) is 49.4 Å². The number of halogens is 3. The Bertz CT molecular complexity index is 1330. The van der Waals surface area contributed by atoms with Crippen molar-refractivity contribution in [2.75, 3.05) is 20.2 Å². The van der Waals surface area contributed by atoms with E-state index in [1.807, 2.05) is 12.1 Å². The third kappa shape index (κ3) is 6.60. The van der Waals surface area contributed by atoms with Crippen molar-refractivity contribution in [1.82, 2.24) is 5.32 Å². The molecule has 1 aliphatic heterocycles. The Morgan fingerprint density at radius 3 is 2.29 bits per heavy atom. The number of hydrogen-bond donors (Lipinski definition) is 1. The smallest absolute Gasteiger partial charge is 0.419 e. The number of hydrogen-bond acceptors (Lipinski definition) is 6. The Morgan fingerprint density at radius 1 is 0.921 bits per heavy atom. The van der Waals surface area contributed by atoms with Gasteiger partial charge in [0.25, 0.3) is 0 Å². The molecule has 198 valence electrons. The van der Waals surface area contributed by atoms with Gasteiger partial charge in [-0.2, -0.15) is 13.2 Å². The second kappa shape index (κ2) is 12.0. The summed E-state index contributed by atoms with van der Waals surface area (Å²) in [7, 11) is 1.28. The lowest BCUT2D eigenvalue weighted by atomic mass is 9.94. The second-order valence-electron chi connectivity index (χ2n) is 8.60. The van der Waals surface area contributed by atoms with Crippen molar-refractivity contribution in [3.8, 4) is 5.75 Å². The molecule has 1 aliphatic rings. The third-order valence-electron chi connectivity index (χ3n) is 6.07. The fourth-order valence-electron chi connectivity index (χ4n) is 4.08. The number of methoxy groups -OCH3 is 1. The van der Waals surface area contributed by atoms with Gasteiger partial charge in [0.2, 0.25) is 0 Å². The Labute approximate surface area is 218 Å². The zero-order chi connectivity index (χ0) is 27.1. The first-order valence-electron chi connectivity index (χ1n) is 11.9. The molecule has 0 radical (unpaired) electrons. The van der Waals surface area contributed by atoms with Crippen molar-refractivity contribution in [3.05, 3.63) is 106 Å². The summed E-state index contributed by atoms with van der Waals surface area (Å²) in [4.78, 5) is 24.2. The summed E-state index contributed by atoms with van der Waals surface area (Å²) in [5, 5.41) is 3.25. The minimum Gasteiger partial charge on any atom is -0.488 e. The molecule has 6 nitrogen and oxygen atoms in total. The SMILES string of the molecule is COC(=O)c1ccc(C(=O)OCc2ccc(COc3ccccc3C(F)(F)F)cc2C2=CCNCC2)cc1. The van der Waals surface area contributed by atoms with Crippen LogP contribution in [0.15, 0.2) is 72.8 Å². The predicted molar refractivity (Wildman–Crippen MR) is 135 cm³/mol. The number of rotatable bonds is 8. The van der Waals surface area contributed by atoms with Crippen molar-refractivity contribution < 1.29 is 37.0 Å². The molecular weight excluding hydrogens is 499 g/mol. The highest BCUT2D eigenvalue weighted by Gasteiger charge is 2.34. The van der Waals surface area contributed by atoms with Gasteiger partial charge in [0.05, 0.1) is 23.8 Å². The van der Waals surface area contributed by atoms with E-state index in [0.717, 1.165) is 35.7 Å². The molecule has 0 unspecified atom stereocenters. The van der Waals surface area contributed by atoms with E-state index < -0.39 is 23.7 Å². The molecule has 3 aromatic rings. The second-order valence-corrected chi connectivity index (χ2v) is 8.60. The Hall–Kier alpha value is -4.11. The van der Waals surface area contributed by atoms with E-state index in [1.54, 1.807) is 12.1 Å². The zero-order valence-electron chi connectivity index (χ0n) is 20.6. The fourth-order valence-corrected chi connectivity index (χ4v) is 4.08. The van der Waals surface area contributed by atoms with Crippen LogP contribution in [-0.4, -0.2) is 32.1 Å². The van der Waals surface area contributed by atoms with Crippen LogP contribution < -0.4 is 10.1 Å². The maximum atomic E-state index is 13.3. The van der Waals surface area contributed by atoms with Gasteiger partial charge in [-0.3, -0.25) is 0 Å². The zero-order valence-corrected chi connectivity index (χ0v) is 20.6. The molecule has 1 heterocycles. The molecule has 1 N–H and O–H groups in total. The number of para-hydroxylation sites is 1. The summed E-state index contributed by atoms with van der Waals surface area (Å²) >= 11 is 0. The number of carbonyl (C=O) groups excluding carboxylic acids is 2. The van der Waals surface area contributed by atoms with E-state index in [9.17, 15) is 22.8 Å². The number of ether oxygens (including phenoxy) is 3. The summed E-state index contributed by atoms with van der Waals surface area (Å²) in [6, 6.07) is 16.5. The molecule has 0 saturated carbocycles. The number of benzene rings is 3. The van der Waals surface area contributed by atoms with Gasteiger partial charge < -0.3 is 19.5 Å². The topological polar surface area (TPSA) is 73.9 Å². The van der Waals surface area contributed by atoms with Crippen LogP contribution in [0.25, 0.3) is 5.57 Å². The van der Waals surface area contributed by atoms with Gasteiger partial charge in [-0.25, -0.2) is 9.59 Å². The van der Waals surface area contributed by atoms with Crippen LogP contribution in [0.2, 0.25) is 0 Å². The molecule has 4 rings (SSSR count). The maximum Gasteiger partial charge on any atom is 0.419 e. The van der Waals surface area contributed by atoms with E-state index in [0.29, 0.717) is 17.7 Å². The maximum absolute atomic E-state index is 13.3. The molecular formula is C29H26F3NO5. The van der Waals surface area contributed by atoms with Crippen molar-refractivity contribution >= 4 is 17.5 Å². The van der Waals surface area contributed by atoms with Crippen molar-refractivity contribution in [2.24, 2.45) is 0 Å². The van der Waals surface area contributed by atoms with Gasteiger partial charge in [-0.1, -0.05) is 30.3 Å². The molecule has 0 saturated heterocycles. The largest absolute Gasteiger partial charge is 0.488 e. The number of esters is 2. The van der Waals surface area contributed by atoms with Crippen molar-refractivity contribution in [2.45, 2.75) is 25.8 Å². The Kier molecular flexibility index (Phi) is 8.48. The minimum atomic E-state index is -4.52. The monoisotopic (exact) mass is 525 g/mol. The van der Waals surface area contributed by atoms with Crippen LogP contribution in [0, 0.1) is 0 Å². The van der Waals surface area contributed by atoms with E-state index in [2.05, 4.69) is 10.1 Å². The predicted octanol–water partition coefficient (Wildman–Crippen LogP) is 5.80. The molecule has 0 spiro atoms. The minimum absolute atomic E-state index is 0.00423.